The van der Waals surface area contributed by atoms with Gasteiger partial charge in [-0.3, -0.25) is 0 Å². The van der Waals surface area contributed by atoms with Crippen LogP contribution in [-0.2, 0) is 0 Å². The lowest BCUT2D eigenvalue weighted by Crippen LogP contribution is -2.09. The van der Waals surface area contributed by atoms with Gasteiger partial charge < -0.3 is 5.32 Å². The summed E-state index contributed by atoms with van der Waals surface area (Å²) in [6.45, 7) is 1.96. The van der Waals surface area contributed by atoms with Crippen molar-refractivity contribution in [1.82, 2.24) is 9.97 Å². The molecule has 1 heterocycles. The summed E-state index contributed by atoms with van der Waals surface area (Å²) in [5.41, 5.74) is 1.02. The van der Waals surface area contributed by atoms with Crippen LogP contribution < -0.4 is 5.32 Å². The predicted octanol–water partition coefficient (Wildman–Crippen LogP) is 3.44. The van der Waals surface area contributed by atoms with Crippen LogP contribution in [0.1, 0.15) is 18.5 Å². The summed E-state index contributed by atoms with van der Waals surface area (Å²) in [7, 11) is 0. The Hall–Kier alpha value is -1.68. The summed E-state index contributed by atoms with van der Waals surface area (Å²) >= 11 is 5.90. The molecule has 0 aliphatic heterocycles. The fourth-order valence-electron chi connectivity index (χ4n) is 1.44. The van der Waals surface area contributed by atoms with Crippen LogP contribution in [0.25, 0.3) is 0 Å². The maximum Gasteiger partial charge on any atom is 0.223 e. The molecule has 17 heavy (non-hydrogen) atoms. The lowest BCUT2D eigenvalue weighted by Gasteiger charge is -2.14. The van der Waals surface area contributed by atoms with Gasteiger partial charge in [0.2, 0.25) is 5.95 Å². The Kier molecular flexibility index (Phi) is 3.54. The van der Waals surface area contributed by atoms with Gasteiger partial charge in [0.05, 0.1) is 18.4 Å². The minimum Gasteiger partial charge on any atom is -0.348 e. The molecule has 0 spiro atoms. The van der Waals surface area contributed by atoms with Crippen LogP contribution in [0.4, 0.5) is 10.3 Å². The Morgan fingerprint density at radius 3 is 2.65 bits per heavy atom. The van der Waals surface area contributed by atoms with Crippen LogP contribution in [0, 0.1) is 5.82 Å². The molecule has 1 unspecified atom stereocenters. The van der Waals surface area contributed by atoms with Gasteiger partial charge in [0.25, 0.3) is 0 Å². The van der Waals surface area contributed by atoms with E-state index in [-0.39, 0.29) is 6.04 Å². The largest absolute Gasteiger partial charge is 0.348 e. The van der Waals surface area contributed by atoms with Crippen molar-refractivity contribution in [2.24, 2.45) is 0 Å². The van der Waals surface area contributed by atoms with E-state index in [2.05, 4.69) is 15.3 Å². The second-order valence-corrected chi connectivity index (χ2v) is 4.08. The first-order valence-electron chi connectivity index (χ1n) is 5.14. The lowest BCUT2D eigenvalue weighted by molar-refractivity contribution is 0.613. The zero-order valence-electron chi connectivity index (χ0n) is 9.19. The third-order valence-corrected chi connectivity index (χ3v) is 2.55. The number of hydrogen-bond acceptors (Lipinski definition) is 3. The van der Waals surface area contributed by atoms with Crippen molar-refractivity contribution >= 4 is 17.5 Å². The van der Waals surface area contributed by atoms with Crippen molar-refractivity contribution in [3.63, 3.8) is 0 Å². The number of hydrogen-bond donors (Lipinski definition) is 1. The Balaban J connectivity index is 2.11. The number of aromatic nitrogens is 2. The molecular formula is C12H11ClFN3. The van der Waals surface area contributed by atoms with Gasteiger partial charge >= 0.3 is 0 Å². The zero-order chi connectivity index (χ0) is 12.3. The van der Waals surface area contributed by atoms with Gasteiger partial charge in [0.15, 0.2) is 5.82 Å². The average Bonchev–Trinajstić information content (AvgIpc) is 2.32. The second-order valence-electron chi connectivity index (χ2n) is 3.65. The van der Waals surface area contributed by atoms with Crippen molar-refractivity contribution in [1.29, 1.82) is 0 Å². The standard InChI is InChI=1S/C12H11ClFN3/c1-8(9-3-2-4-10(13)5-9)17-12-15-6-11(14)7-16-12/h2-8H,1H3,(H,15,16,17). The molecule has 0 aliphatic rings. The maximum absolute atomic E-state index is 12.6. The van der Waals surface area contributed by atoms with Crippen LogP contribution in [0.2, 0.25) is 5.02 Å². The smallest absolute Gasteiger partial charge is 0.223 e. The van der Waals surface area contributed by atoms with Crippen LogP contribution in [0.3, 0.4) is 0 Å². The van der Waals surface area contributed by atoms with Gasteiger partial charge in [-0.05, 0) is 24.6 Å². The van der Waals surface area contributed by atoms with Crippen molar-refractivity contribution < 1.29 is 4.39 Å². The minimum atomic E-state index is -0.453. The molecule has 5 heteroatoms. The summed E-state index contributed by atoms with van der Waals surface area (Å²) in [6, 6.07) is 7.50. The van der Waals surface area contributed by atoms with Gasteiger partial charge in [-0.1, -0.05) is 23.7 Å². The molecular weight excluding hydrogens is 241 g/mol. The van der Waals surface area contributed by atoms with Gasteiger partial charge in [-0.2, -0.15) is 0 Å². The van der Waals surface area contributed by atoms with Crippen molar-refractivity contribution in [3.05, 3.63) is 53.1 Å². The average molecular weight is 252 g/mol. The van der Waals surface area contributed by atoms with E-state index < -0.39 is 5.82 Å². The molecule has 88 valence electrons. The van der Waals surface area contributed by atoms with Crippen LogP contribution in [-0.4, -0.2) is 9.97 Å². The molecule has 2 aromatic rings. The molecule has 1 N–H and O–H groups in total. The van der Waals surface area contributed by atoms with E-state index in [4.69, 9.17) is 11.6 Å². The van der Waals surface area contributed by atoms with Crippen LogP contribution in [0.15, 0.2) is 36.7 Å². The van der Waals surface area contributed by atoms with E-state index >= 15 is 0 Å². The summed E-state index contributed by atoms with van der Waals surface area (Å²) in [5, 5.41) is 3.74. The Labute approximate surface area is 104 Å². The Bertz CT molecular complexity index is 501. The van der Waals surface area contributed by atoms with E-state index in [1.165, 1.54) is 0 Å². The zero-order valence-corrected chi connectivity index (χ0v) is 9.95. The number of halogens is 2. The van der Waals surface area contributed by atoms with Crippen molar-refractivity contribution in [2.45, 2.75) is 13.0 Å². The third-order valence-electron chi connectivity index (χ3n) is 2.31. The van der Waals surface area contributed by atoms with Crippen LogP contribution in [0.5, 0.6) is 0 Å². The number of nitrogens with zero attached hydrogens (tertiary/aromatic N) is 2. The first kappa shape index (κ1) is 11.8. The molecule has 0 radical (unpaired) electrons. The second kappa shape index (κ2) is 5.10. The highest BCUT2D eigenvalue weighted by molar-refractivity contribution is 6.30. The maximum atomic E-state index is 12.6. The van der Waals surface area contributed by atoms with Gasteiger partial charge in [0.1, 0.15) is 0 Å². The number of anilines is 1. The summed E-state index contributed by atoms with van der Waals surface area (Å²) in [5.74, 6) is -0.0650. The molecule has 2 rings (SSSR count). The van der Waals surface area contributed by atoms with E-state index in [1.807, 2.05) is 31.2 Å². The highest BCUT2D eigenvalue weighted by atomic mass is 35.5. The molecule has 0 saturated carbocycles. The highest BCUT2D eigenvalue weighted by Crippen LogP contribution is 2.19. The molecule has 1 aromatic carbocycles. The first-order chi connectivity index (χ1) is 8.15. The minimum absolute atomic E-state index is 0.000777. The normalized spacial score (nSPS) is 12.2. The molecule has 1 aromatic heterocycles. The number of nitrogens with one attached hydrogen (secondary N) is 1. The Morgan fingerprint density at radius 2 is 2.00 bits per heavy atom. The summed E-state index contributed by atoms with van der Waals surface area (Å²) in [4.78, 5) is 7.67. The van der Waals surface area contributed by atoms with Crippen molar-refractivity contribution in [2.75, 3.05) is 5.32 Å². The third kappa shape index (κ3) is 3.14. The fraction of sp³-hybridized carbons (Fsp3) is 0.167. The van der Waals surface area contributed by atoms with E-state index in [1.54, 1.807) is 0 Å². The quantitative estimate of drug-likeness (QED) is 0.908. The number of benzene rings is 1. The van der Waals surface area contributed by atoms with E-state index in [0.29, 0.717) is 11.0 Å². The summed E-state index contributed by atoms with van der Waals surface area (Å²) in [6.07, 6.45) is 2.25. The molecule has 0 bridgehead atoms. The van der Waals surface area contributed by atoms with E-state index in [0.717, 1.165) is 18.0 Å². The van der Waals surface area contributed by atoms with E-state index in [9.17, 15) is 4.39 Å². The molecule has 3 nitrogen and oxygen atoms in total. The predicted molar refractivity (Wildman–Crippen MR) is 65.5 cm³/mol. The van der Waals surface area contributed by atoms with Gasteiger partial charge in [0, 0.05) is 5.02 Å². The fourth-order valence-corrected chi connectivity index (χ4v) is 1.64. The highest BCUT2D eigenvalue weighted by Gasteiger charge is 2.07. The topological polar surface area (TPSA) is 37.8 Å². The van der Waals surface area contributed by atoms with Gasteiger partial charge in [-0.15, -0.1) is 0 Å². The molecule has 1 atom stereocenters. The molecule has 0 aliphatic carbocycles. The SMILES string of the molecule is CC(Nc1ncc(F)cn1)c1cccc(Cl)c1. The molecule has 0 saturated heterocycles. The monoisotopic (exact) mass is 251 g/mol. The molecule has 0 amide bonds. The molecule has 0 fully saturated rings. The number of rotatable bonds is 3. The lowest BCUT2D eigenvalue weighted by atomic mass is 10.1. The van der Waals surface area contributed by atoms with Crippen molar-refractivity contribution in [3.8, 4) is 0 Å². The first-order valence-corrected chi connectivity index (χ1v) is 5.52. The van der Waals surface area contributed by atoms with Gasteiger partial charge in [-0.25, -0.2) is 14.4 Å². The van der Waals surface area contributed by atoms with Crippen LogP contribution >= 0.6 is 11.6 Å². The Morgan fingerprint density at radius 1 is 1.29 bits per heavy atom. The summed E-state index contributed by atoms with van der Waals surface area (Å²) < 4.78 is 12.6.